The van der Waals surface area contributed by atoms with E-state index in [4.69, 9.17) is 9.84 Å². The summed E-state index contributed by atoms with van der Waals surface area (Å²) in [5.41, 5.74) is 0.828. The van der Waals surface area contributed by atoms with Crippen LogP contribution in [0.1, 0.15) is 24.8 Å². The molecule has 0 radical (unpaired) electrons. The van der Waals surface area contributed by atoms with E-state index < -0.39 is 43.0 Å². The van der Waals surface area contributed by atoms with Gasteiger partial charge in [-0.15, -0.1) is 0 Å². The number of hydrogen-bond donors (Lipinski definition) is 1. The zero-order valence-electron chi connectivity index (χ0n) is 13.9. The van der Waals surface area contributed by atoms with Gasteiger partial charge in [-0.1, -0.05) is 19.1 Å². The zero-order chi connectivity index (χ0) is 18.8. The second-order valence-electron chi connectivity index (χ2n) is 6.27. The Kier molecular flexibility index (Phi) is 5.59. The highest BCUT2D eigenvalue weighted by molar-refractivity contribution is 5.79. The van der Waals surface area contributed by atoms with Crippen LogP contribution in [0.25, 0.3) is 0 Å². The number of halogens is 3. The first-order valence-electron chi connectivity index (χ1n) is 7.84. The number of alkyl halides is 3. The molecule has 8 heteroatoms. The molecule has 5 nitrogen and oxygen atoms in total. The van der Waals surface area contributed by atoms with Gasteiger partial charge >= 0.3 is 12.1 Å². The van der Waals surface area contributed by atoms with Gasteiger partial charge in [-0.2, -0.15) is 13.2 Å². The summed E-state index contributed by atoms with van der Waals surface area (Å²) in [5.74, 6) is -5.25. The summed E-state index contributed by atoms with van der Waals surface area (Å²) in [5, 5.41) is 9.01. The monoisotopic (exact) mass is 359 g/mol. The molecule has 1 aliphatic rings. The van der Waals surface area contributed by atoms with E-state index in [1.54, 1.807) is 25.1 Å². The lowest BCUT2D eigenvalue weighted by molar-refractivity contribution is -0.188. The second-order valence-corrected chi connectivity index (χ2v) is 6.27. The summed E-state index contributed by atoms with van der Waals surface area (Å²) in [7, 11) is 1.52. The molecule has 138 valence electrons. The predicted molar refractivity (Wildman–Crippen MR) is 83.3 cm³/mol. The molecular weight excluding hydrogens is 339 g/mol. The Labute approximate surface area is 143 Å². The summed E-state index contributed by atoms with van der Waals surface area (Å²) in [6.45, 7) is 0.770. The molecule has 0 saturated carbocycles. The van der Waals surface area contributed by atoms with Crippen LogP contribution in [0.2, 0.25) is 0 Å². The van der Waals surface area contributed by atoms with E-state index in [2.05, 4.69) is 0 Å². The molecule has 1 aliphatic heterocycles. The van der Waals surface area contributed by atoms with Crippen LogP contribution in [0, 0.1) is 11.8 Å². The highest BCUT2D eigenvalue weighted by Crippen LogP contribution is 2.38. The first-order chi connectivity index (χ1) is 11.6. The van der Waals surface area contributed by atoms with Crippen LogP contribution in [0.15, 0.2) is 24.3 Å². The van der Waals surface area contributed by atoms with Crippen molar-refractivity contribution in [3.05, 3.63) is 29.8 Å². The number of hydrogen-bond acceptors (Lipinski definition) is 3. The number of carbonyl (C=O) groups excluding carboxylic acids is 1. The van der Waals surface area contributed by atoms with Gasteiger partial charge in [-0.3, -0.25) is 9.59 Å². The van der Waals surface area contributed by atoms with Gasteiger partial charge in [0, 0.05) is 19.5 Å². The van der Waals surface area contributed by atoms with Crippen LogP contribution in [0.3, 0.4) is 0 Å². The van der Waals surface area contributed by atoms with Crippen molar-refractivity contribution in [3.63, 3.8) is 0 Å². The van der Waals surface area contributed by atoms with Gasteiger partial charge in [0.05, 0.1) is 18.9 Å². The minimum atomic E-state index is -4.64. The maximum atomic E-state index is 13.0. The van der Waals surface area contributed by atoms with Crippen molar-refractivity contribution in [2.75, 3.05) is 20.2 Å². The molecule has 1 unspecified atom stereocenters. The third-order valence-electron chi connectivity index (χ3n) is 4.55. The van der Waals surface area contributed by atoms with Crippen molar-refractivity contribution >= 4 is 11.9 Å². The first-order valence-corrected chi connectivity index (χ1v) is 7.84. The number of carboxylic acids is 1. The first kappa shape index (κ1) is 19.1. The number of ether oxygens (including phenoxy) is 1. The summed E-state index contributed by atoms with van der Waals surface area (Å²) >= 11 is 0. The predicted octanol–water partition coefficient (Wildman–Crippen LogP) is 2.91. The summed E-state index contributed by atoms with van der Waals surface area (Å²) in [4.78, 5) is 24.5. The SMILES string of the molecule is COc1cccc(C(C)CC(=O)N2C[C@@H](C(F)(F)F)[C@H](C(=O)O)C2)c1. The van der Waals surface area contributed by atoms with Crippen LogP contribution in [0.4, 0.5) is 13.2 Å². The highest BCUT2D eigenvalue weighted by atomic mass is 19.4. The molecule has 1 aromatic carbocycles. The molecule has 0 aromatic heterocycles. The lowest BCUT2D eigenvalue weighted by Gasteiger charge is -2.20. The Morgan fingerprint density at radius 2 is 2.04 bits per heavy atom. The van der Waals surface area contributed by atoms with Gasteiger partial charge in [0.15, 0.2) is 0 Å². The molecule has 2 rings (SSSR count). The summed E-state index contributed by atoms with van der Waals surface area (Å²) in [6.07, 6.45) is -4.64. The Morgan fingerprint density at radius 1 is 1.36 bits per heavy atom. The quantitative estimate of drug-likeness (QED) is 0.878. The third-order valence-corrected chi connectivity index (χ3v) is 4.55. The standard InChI is InChI=1S/C17H20F3NO4/c1-10(11-4-3-5-12(7-11)25-2)6-15(22)21-8-13(16(23)24)14(9-21)17(18,19)20/h3-5,7,10,13-14H,6,8-9H2,1-2H3,(H,23,24)/t10?,13-,14-/m1/s1. The van der Waals surface area contributed by atoms with Crippen molar-refractivity contribution in [1.82, 2.24) is 4.90 Å². The number of aliphatic carboxylic acids is 1. The smallest absolute Gasteiger partial charge is 0.394 e. The molecule has 0 aliphatic carbocycles. The average molecular weight is 359 g/mol. The van der Waals surface area contributed by atoms with Crippen LogP contribution in [-0.4, -0.2) is 48.3 Å². The fraction of sp³-hybridized carbons (Fsp3) is 0.529. The average Bonchev–Trinajstić information content (AvgIpc) is 3.01. The molecule has 25 heavy (non-hydrogen) atoms. The Hall–Kier alpha value is -2.25. The van der Waals surface area contributed by atoms with E-state index >= 15 is 0 Å². The molecule has 1 fully saturated rings. The number of likely N-dealkylation sites (tertiary alicyclic amines) is 1. The molecule has 1 N–H and O–H groups in total. The lowest BCUT2D eigenvalue weighted by atomic mass is 9.96. The Morgan fingerprint density at radius 3 is 2.56 bits per heavy atom. The van der Waals surface area contributed by atoms with E-state index in [-0.39, 0.29) is 12.3 Å². The van der Waals surface area contributed by atoms with Crippen LogP contribution in [0.5, 0.6) is 5.75 Å². The zero-order valence-corrected chi connectivity index (χ0v) is 13.9. The van der Waals surface area contributed by atoms with Crippen LogP contribution in [-0.2, 0) is 9.59 Å². The topological polar surface area (TPSA) is 66.8 Å². The Balaban J connectivity index is 2.06. The van der Waals surface area contributed by atoms with E-state index in [0.29, 0.717) is 5.75 Å². The van der Waals surface area contributed by atoms with Crippen molar-refractivity contribution in [2.24, 2.45) is 11.8 Å². The van der Waals surface area contributed by atoms with Gasteiger partial charge in [0.2, 0.25) is 5.91 Å². The van der Waals surface area contributed by atoms with E-state index in [9.17, 15) is 22.8 Å². The third kappa shape index (κ3) is 4.43. The summed E-state index contributed by atoms with van der Waals surface area (Å²) in [6, 6.07) is 7.10. The van der Waals surface area contributed by atoms with E-state index in [0.717, 1.165) is 10.5 Å². The molecule has 0 bridgehead atoms. The number of carboxylic acid groups (broad SMARTS) is 1. The van der Waals surface area contributed by atoms with Gasteiger partial charge in [-0.05, 0) is 23.6 Å². The maximum absolute atomic E-state index is 13.0. The van der Waals surface area contributed by atoms with Crippen molar-refractivity contribution < 1.29 is 32.6 Å². The molecular formula is C17H20F3NO4. The van der Waals surface area contributed by atoms with Gasteiger partial charge < -0.3 is 14.7 Å². The Bertz CT molecular complexity index is 647. The van der Waals surface area contributed by atoms with Crippen LogP contribution < -0.4 is 4.74 Å². The number of benzene rings is 1. The van der Waals surface area contributed by atoms with Crippen molar-refractivity contribution in [2.45, 2.75) is 25.4 Å². The van der Waals surface area contributed by atoms with Crippen molar-refractivity contribution in [1.29, 1.82) is 0 Å². The number of nitrogens with zero attached hydrogens (tertiary/aromatic N) is 1. The normalized spacial score (nSPS) is 21.9. The highest BCUT2D eigenvalue weighted by Gasteiger charge is 2.53. The van der Waals surface area contributed by atoms with E-state index in [1.165, 1.54) is 7.11 Å². The maximum Gasteiger partial charge on any atom is 0.394 e. The lowest BCUT2D eigenvalue weighted by Crippen LogP contribution is -2.34. The molecule has 1 aromatic rings. The fourth-order valence-electron chi connectivity index (χ4n) is 3.05. The van der Waals surface area contributed by atoms with E-state index in [1.807, 2.05) is 6.07 Å². The molecule has 1 saturated heterocycles. The number of rotatable bonds is 5. The largest absolute Gasteiger partial charge is 0.497 e. The molecule has 1 heterocycles. The minimum Gasteiger partial charge on any atom is -0.497 e. The van der Waals surface area contributed by atoms with Crippen molar-refractivity contribution in [3.8, 4) is 5.75 Å². The number of amides is 1. The van der Waals surface area contributed by atoms with Crippen LogP contribution >= 0.6 is 0 Å². The van der Waals surface area contributed by atoms with Gasteiger partial charge in [0.1, 0.15) is 5.75 Å². The molecule has 0 spiro atoms. The number of methoxy groups -OCH3 is 1. The van der Waals surface area contributed by atoms with Gasteiger partial charge in [-0.25, -0.2) is 0 Å². The minimum absolute atomic E-state index is 0.00405. The molecule has 3 atom stereocenters. The number of carbonyl (C=O) groups is 2. The second kappa shape index (κ2) is 7.33. The summed E-state index contributed by atoms with van der Waals surface area (Å²) < 4.78 is 44.1. The fourth-order valence-corrected chi connectivity index (χ4v) is 3.05. The molecule has 1 amide bonds. The van der Waals surface area contributed by atoms with Gasteiger partial charge in [0.25, 0.3) is 0 Å².